The molecule has 84 valence electrons. The standard InChI is InChI=1S/C11H10ClNO3/c1-2-16-10(15)6-5-9(14)8-4-3-7-13-11(8)12/h3-7H,2H2,1H3/b6-5+. The summed E-state index contributed by atoms with van der Waals surface area (Å²) in [6.45, 7) is 1.95. The molecule has 0 saturated heterocycles. The minimum Gasteiger partial charge on any atom is -0.463 e. The highest BCUT2D eigenvalue weighted by atomic mass is 35.5. The molecule has 0 bridgehead atoms. The number of allylic oxidation sites excluding steroid dienone is 1. The lowest BCUT2D eigenvalue weighted by molar-refractivity contribution is -0.137. The van der Waals surface area contributed by atoms with Crippen LogP contribution in [0.3, 0.4) is 0 Å². The molecule has 0 saturated carbocycles. The Balaban J connectivity index is 2.73. The van der Waals surface area contributed by atoms with Gasteiger partial charge in [0.25, 0.3) is 0 Å². The molecule has 0 atom stereocenters. The van der Waals surface area contributed by atoms with E-state index in [0.29, 0.717) is 0 Å². The first-order valence-electron chi connectivity index (χ1n) is 4.64. The third kappa shape index (κ3) is 3.47. The molecule has 0 aliphatic carbocycles. The van der Waals surface area contributed by atoms with Crippen LogP contribution in [0.25, 0.3) is 0 Å². The van der Waals surface area contributed by atoms with Crippen LogP contribution in [0.5, 0.6) is 0 Å². The van der Waals surface area contributed by atoms with E-state index in [-0.39, 0.29) is 23.1 Å². The summed E-state index contributed by atoms with van der Waals surface area (Å²) in [5, 5.41) is 0.112. The maximum absolute atomic E-state index is 11.6. The van der Waals surface area contributed by atoms with Crippen molar-refractivity contribution in [3.8, 4) is 0 Å². The molecule has 0 aliphatic heterocycles. The highest BCUT2D eigenvalue weighted by Crippen LogP contribution is 2.12. The second-order valence-corrected chi connectivity index (χ2v) is 3.15. The Morgan fingerprint density at radius 3 is 2.88 bits per heavy atom. The average molecular weight is 240 g/mol. The third-order valence-corrected chi connectivity index (χ3v) is 1.98. The lowest BCUT2D eigenvalue weighted by Gasteiger charge is -1.97. The van der Waals surface area contributed by atoms with E-state index >= 15 is 0 Å². The van der Waals surface area contributed by atoms with Crippen molar-refractivity contribution >= 4 is 23.4 Å². The number of aromatic nitrogens is 1. The summed E-state index contributed by atoms with van der Waals surface area (Å²) >= 11 is 5.71. The van der Waals surface area contributed by atoms with Gasteiger partial charge in [0.05, 0.1) is 12.2 Å². The molecule has 1 heterocycles. The Kier molecular flexibility index (Phi) is 4.66. The molecule has 4 nitrogen and oxygen atoms in total. The van der Waals surface area contributed by atoms with Gasteiger partial charge in [-0.2, -0.15) is 0 Å². The van der Waals surface area contributed by atoms with Crippen LogP contribution in [0.15, 0.2) is 30.5 Å². The summed E-state index contributed by atoms with van der Waals surface area (Å²) in [5.74, 6) is -0.943. The van der Waals surface area contributed by atoms with Crippen LogP contribution < -0.4 is 0 Å². The molecule has 0 aliphatic rings. The van der Waals surface area contributed by atoms with Gasteiger partial charge in [-0.25, -0.2) is 9.78 Å². The predicted octanol–water partition coefficient (Wildman–Crippen LogP) is 2.04. The SMILES string of the molecule is CCOC(=O)/C=C/C(=O)c1cccnc1Cl. The molecule has 0 fully saturated rings. The number of halogens is 1. The molecule has 0 spiro atoms. The van der Waals surface area contributed by atoms with Crippen molar-refractivity contribution in [3.63, 3.8) is 0 Å². The number of ether oxygens (including phenoxy) is 1. The van der Waals surface area contributed by atoms with Gasteiger partial charge in [-0.15, -0.1) is 0 Å². The van der Waals surface area contributed by atoms with E-state index in [0.717, 1.165) is 12.2 Å². The van der Waals surface area contributed by atoms with Gasteiger partial charge in [0.15, 0.2) is 5.78 Å². The normalized spacial score (nSPS) is 10.4. The summed E-state index contributed by atoms with van der Waals surface area (Å²) in [4.78, 5) is 26.3. The van der Waals surface area contributed by atoms with Crippen LogP contribution >= 0.6 is 11.6 Å². The number of hydrogen-bond acceptors (Lipinski definition) is 4. The highest BCUT2D eigenvalue weighted by Gasteiger charge is 2.07. The quantitative estimate of drug-likeness (QED) is 0.349. The topological polar surface area (TPSA) is 56.3 Å². The summed E-state index contributed by atoms with van der Waals surface area (Å²) in [7, 11) is 0. The maximum Gasteiger partial charge on any atom is 0.330 e. The zero-order chi connectivity index (χ0) is 12.0. The fourth-order valence-electron chi connectivity index (χ4n) is 0.994. The van der Waals surface area contributed by atoms with Crippen LogP contribution in [0.4, 0.5) is 0 Å². The fourth-order valence-corrected chi connectivity index (χ4v) is 1.21. The summed E-state index contributed by atoms with van der Waals surface area (Å²) in [6.07, 6.45) is 3.66. The van der Waals surface area contributed by atoms with Crippen molar-refractivity contribution in [1.29, 1.82) is 0 Å². The predicted molar refractivity (Wildman–Crippen MR) is 59.4 cm³/mol. The van der Waals surface area contributed by atoms with E-state index in [4.69, 9.17) is 11.6 Å². The molecule has 0 unspecified atom stereocenters. The molecular weight excluding hydrogens is 230 g/mol. The third-order valence-electron chi connectivity index (χ3n) is 1.68. The molecule has 5 heteroatoms. The van der Waals surface area contributed by atoms with Crippen LogP contribution in [-0.4, -0.2) is 23.3 Å². The highest BCUT2D eigenvalue weighted by molar-refractivity contribution is 6.33. The van der Waals surface area contributed by atoms with Crippen molar-refractivity contribution in [2.45, 2.75) is 6.92 Å². The van der Waals surface area contributed by atoms with E-state index in [1.807, 2.05) is 0 Å². The monoisotopic (exact) mass is 239 g/mol. The first-order chi connectivity index (χ1) is 7.65. The Morgan fingerprint density at radius 2 is 2.25 bits per heavy atom. The Morgan fingerprint density at radius 1 is 1.50 bits per heavy atom. The van der Waals surface area contributed by atoms with Gasteiger partial charge in [-0.3, -0.25) is 4.79 Å². The van der Waals surface area contributed by atoms with E-state index in [1.165, 1.54) is 12.3 Å². The largest absolute Gasteiger partial charge is 0.463 e. The van der Waals surface area contributed by atoms with Crippen molar-refractivity contribution < 1.29 is 14.3 Å². The van der Waals surface area contributed by atoms with E-state index < -0.39 is 5.97 Å². The van der Waals surface area contributed by atoms with Crippen molar-refractivity contribution in [2.75, 3.05) is 6.61 Å². The average Bonchev–Trinajstić information content (AvgIpc) is 2.27. The van der Waals surface area contributed by atoms with Crippen molar-refractivity contribution in [1.82, 2.24) is 4.98 Å². The van der Waals surface area contributed by atoms with Gasteiger partial charge in [-0.1, -0.05) is 11.6 Å². The number of carbonyl (C=O) groups is 2. The Bertz CT molecular complexity index is 429. The molecule has 0 amide bonds. The first kappa shape index (κ1) is 12.4. The molecule has 1 aromatic heterocycles. The second-order valence-electron chi connectivity index (χ2n) is 2.79. The van der Waals surface area contributed by atoms with Crippen LogP contribution in [0.1, 0.15) is 17.3 Å². The molecular formula is C11H10ClNO3. The zero-order valence-electron chi connectivity index (χ0n) is 8.64. The van der Waals surface area contributed by atoms with Gasteiger partial charge >= 0.3 is 5.97 Å². The molecule has 0 N–H and O–H groups in total. The van der Waals surface area contributed by atoms with Gasteiger partial charge in [-0.05, 0) is 25.1 Å². The van der Waals surface area contributed by atoms with Crippen LogP contribution in [0.2, 0.25) is 5.15 Å². The molecule has 1 rings (SSSR count). The lowest BCUT2D eigenvalue weighted by Crippen LogP contribution is -2.02. The molecule has 16 heavy (non-hydrogen) atoms. The van der Waals surface area contributed by atoms with Gasteiger partial charge < -0.3 is 4.74 Å². The number of pyridine rings is 1. The number of carbonyl (C=O) groups excluding carboxylic acids is 2. The Labute approximate surface area is 97.9 Å². The minimum atomic E-state index is -0.559. The smallest absolute Gasteiger partial charge is 0.330 e. The summed E-state index contributed by atoms with van der Waals surface area (Å²) in [5.41, 5.74) is 0.254. The number of rotatable bonds is 4. The van der Waals surface area contributed by atoms with Crippen LogP contribution in [0, 0.1) is 0 Å². The van der Waals surface area contributed by atoms with Gasteiger partial charge in [0.1, 0.15) is 5.15 Å². The first-order valence-corrected chi connectivity index (χ1v) is 5.02. The van der Waals surface area contributed by atoms with E-state index in [1.54, 1.807) is 13.0 Å². The Hall–Kier alpha value is -1.68. The fraction of sp³-hybridized carbons (Fsp3) is 0.182. The van der Waals surface area contributed by atoms with Gasteiger partial charge in [0, 0.05) is 12.3 Å². The van der Waals surface area contributed by atoms with E-state index in [2.05, 4.69) is 9.72 Å². The number of nitrogens with zero attached hydrogens (tertiary/aromatic N) is 1. The summed E-state index contributed by atoms with van der Waals surface area (Å²) < 4.78 is 4.63. The lowest BCUT2D eigenvalue weighted by atomic mass is 10.2. The zero-order valence-corrected chi connectivity index (χ0v) is 9.40. The molecule has 0 radical (unpaired) electrons. The number of ketones is 1. The van der Waals surface area contributed by atoms with Crippen LogP contribution in [-0.2, 0) is 9.53 Å². The molecule has 0 aromatic carbocycles. The minimum absolute atomic E-state index is 0.112. The van der Waals surface area contributed by atoms with Gasteiger partial charge in [0.2, 0.25) is 0 Å². The number of esters is 1. The second kappa shape index (κ2) is 6.02. The van der Waals surface area contributed by atoms with Crippen molar-refractivity contribution in [2.24, 2.45) is 0 Å². The van der Waals surface area contributed by atoms with E-state index in [9.17, 15) is 9.59 Å². The molecule has 1 aromatic rings. The maximum atomic E-state index is 11.6. The van der Waals surface area contributed by atoms with Crippen molar-refractivity contribution in [3.05, 3.63) is 41.2 Å². The summed E-state index contributed by atoms with van der Waals surface area (Å²) in [6, 6.07) is 3.13. The number of hydrogen-bond donors (Lipinski definition) is 0.